The van der Waals surface area contributed by atoms with E-state index < -0.39 is 7.12 Å². The van der Waals surface area contributed by atoms with E-state index in [-0.39, 0.29) is 11.2 Å². The number of methoxy groups -OCH3 is 1. The van der Waals surface area contributed by atoms with Gasteiger partial charge in [0.1, 0.15) is 11.5 Å². The smallest absolute Gasteiger partial charge is 0.492 e. The number of aromatic hydroxyl groups is 1. The summed E-state index contributed by atoms with van der Waals surface area (Å²) in [5, 5.41) is 26.7. The SMILES string of the molecule is COc1ccc(O)c(B(O)O)c1. The molecular formula is C7H9BO4. The predicted octanol–water partition coefficient (Wildman–Crippen LogP) is -0.919. The standard InChI is InChI=1S/C7H9BO4/c1-12-5-2-3-7(9)6(4-5)8(10)11/h2-4,9-11H,1H3. The van der Waals surface area contributed by atoms with Crippen LogP contribution in [0.5, 0.6) is 11.5 Å². The van der Waals surface area contributed by atoms with Gasteiger partial charge in [-0.15, -0.1) is 0 Å². The average Bonchev–Trinajstić information content (AvgIpc) is 2.05. The Morgan fingerprint density at radius 3 is 2.50 bits per heavy atom. The van der Waals surface area contributed by atoms with Crippen molar-refractivity contribution in [1.82, 2.24) is 0 Å². The molecule has 0 unspecified atom stereocenters. The largest absolute Gasteiger partial charge is 0.508 e. The van der Waals surface area contributed by atoms with E-state index in [4.69, 9.17) is 19.9 Å². The molecule has 0 aliphatic rings. The molecule has 64 valence electrons. The summed E-state index contributed by atoms with van der Waals surface area (Å²) in [4.78, 5) is 0. The van der Waals surface area contributed by atoms with Crippen LogP contribution in [0.25, 0.3) is 0 Å². The average molecular weight is 168 g/mol. The van der Waals surface area contributed by atoms with Crippen LogP contribution in [0.1, 0.15) is 0 Å². The van der Waals surface area contributed by atoms with E-state index in [2.05, 4.69) is 0 Å². The van der Waals surface area contributed by atoms with Crippen LogP contribution in [0.3, 0.4) is 0 Å². The van der Waals surface area contributed by atoms with E-state index in [0.29, 0.717) is 5.75 Å². The van der Waals surface area contributed by atoms with Gasteiger partial charge in [0.05, 0.1) is 7.11 Å². The van der Waals surface area contributed by atoms with E-state index in [1.807, 2.05) is 0 Å². The summed E-state index contributed by atoms with van der Waals surface area (Å²) >= 11 is 0. The van der Waals surface area contributed by atoms with Gasteiger partial charge in [-0.2, -0.15) is 0 Å². The van der Waals surface area contributed by atoms with Crippen molar-refractivity contribution in [3.8, 4) is 11.5 Å². The summed E-state index contributed by atoms with van der Waals surface area (Å²) in [6.45, 7) is 0. The van der Waals surface area contributed by atoms with Crippen molar-refractivity contribution in [2.24, 2.45) is 0 Å². The van der Waals surface area contributed by atoms with Crippen molar-refractivity contribution in [3.63, 3.8) is 0 Å². The summed E-state index contributed by atoms with van der Waals surface area (Å²) in [5.41, 5.74) is 0.0364. The second-order valence-corrected chi connectivity index (χ2v) is 2.30. The first kappa shape index (κ1) is 8.90. The fourth-order valence-corrected chi connectivity index (χ4v) is 0.866. The summed E-state index contributed by atoms with van der Waals surface area (Å²) in [5.74, 6) is 0.307. The van der Waals surface area contributed by atoms with Crippen molar-refractivity contribution in [3.05, 3.63) is 18.2 Å². The quantitative estimate of drug-likeness (QED) is 0.499. The number of hydrogen-bond donors (Lipinski definition) is 3. The number of benzene rings is 1. The maximum Gasteiger partial charge on any atom is 0.492 e. The molecule has 0 aliphatic carbocycles. The summed E-state index contributed by atoms with van der Waals surface area (Å²) in [6, 6.07) is 4.23. The van der Waals surface area contributed by atoms with Crippen LogP contribution in [-0.4, -0.2) is 29.4 Å². The molecule has 0 saturated carbocycles. The summed E-state index contributed by atoms with van der Waals surface area (Å²) < 4.78 is 4.83. The van der Waals surface area contributed by atoms with E-state index in [1.54, 1.807) is 0 Å². The zero-order valence-electron chi connectivity index (χ0n) is 6.56. The fourth-order valence-electron chi connectivity index (χ4n) is 0.866. The molecule has 1 aromatic carbocycles. The highest BCUT2D eigenvalue weighted by Gasteiger charge is 2.16. The Morgan fingerprint density at radius 1 is 1.33 bits per heavy atom. The van der Waals surface area contributed by atoms with Crippen LogP contribution in [0.2, 0.25) is 0 Å². The Balaban J connectivity index is 3.08. The van der Waals surface area contributed by atoms with Gasteiger partial charge in [0.15, 0.2) is 0 Å². The molecule has 1 aromatic rings. The maximum atomic E-state index is 9.13. The van der Waals surface area contributed by atoms with Crippen LogP contribution in [0.15, 0.2) is 18.2 Å². The molecule has 0 radical (unpaired) electrons. The summed E-state index contributed by atoms with van der Waals surface area (Å²) in [7, 11) is -0.222. The first-order chi connectivity index (χ1) is 5.65. The lowest BCUT2D eigenvalue weighted by Crippen LogP contribution is -2.29. The Hall–Kier alpha value is -1.20. The van der Waals surface area contributed by atoms with Gasteiger partial charge < -0.3 is 19.9 Å². The molecule has 0 aromatic heterocycles. The minimum absolute atomic E-state index is 0.0364. The molecule has 0 amide bonds. The third-order valence-corrected chi connectivity index (χ3v) is 1.51. The second-order valence-electron chi connectivity index (χ2n) is 2.30. The van der Waals surface area contributed by atoms with Gasteiger partial charge in [0.2, 0.25) is 0 Å². The van der Waals surface area contributed by atoms with Crippen LogP contribution < -0.4 is 10.2 Å². The fraction of sp³-hybridized carbons (Fsp3) is 0.143. The molecule has 5 heteroatoms. The van der Waals surface area contributed by atoms with Crippen LogP contribution in [-0.2, 0) is 0 Å². The lowest BCUT2D eigenvalue weighted by molar-refractivity contribution is 0.407. The third kappa shape index (κ3) is 1.69. The monoisotopic (exact) mass is 168 g/mol. The van der Waals surface area contributed by atoms with Gasteiger partial charge in [0.25, 0.3) is 0 Å². The number of ether oxygens (including phenoxy) is 1. The maximum absolute atomic E-state index is 9.13. The Labute approximate surface area is 70.2 Å². The predicted molar refractivity (Wildman–Crippen MR) is 44.5 cm³/mol. The molecular weight excluding hydrogens is 159 g/mol. The van der Waals surface area contributed by atoms with E-state index >= 15 is 0 Å². The lowest BCUT2D eigenvalue weighted by Gasteiger charge is -2.05. The molecule has 0 aliphatic heterocycles. The van der Waals surface area contributed by atoms with Crippen LogP contribution >= 0.6 is 0 Å². The Kier molecular flexibility index (Phi) is 2.57. The van der Waals surface area contributed by atoms with Gasteiger partial charge >= 0.3 is 7.12 Å². The van der Waals surface area contributed by atoms with Gasteiger partial charge in [-0.05, 0) is 18.2 Å². The zero-order chi connectivity index (χ0) is 9.14. The third-order valence-electron chi connectivity index (χ3n) is 1.51. The molecule has 3 N–H and O–H groups in total. The van der Waals surface area contributed by atoms with Crippen molar-refractivity contribution in [2.75, 3.05) is 7.11 Å². The highest BCUT2D eigenvalue weighted by Crippen LogP contribution is 2.13. The number of rotatable bonds is 2. The topological polar surface area (TPSA) is 69.9 Å². The molecule has 0 bridgehead atoms. The molecule has 0 atom stereocenters. The molecule has 1 rings (SSSR count). The van der Waals surface area contributed by atoms with Gasteiger partial charge in [-0.25, -0.2) is 0 Å². The Bertz CT molecular complexity index is 274. The molecule has 4 nitrogen and oxygen atoms in total. The summed E-state index contributed by atoms with van der Waals surface area (Å²) in [6.07, 6.45) is 0. The highest BCUT2D eigenvalue weighted by molar-refractivity contribution is 6.59. The van der Waals surface area contributed by atoms with Crippen molar-refractivity contribution >= 4 is 12.6 Å². The van der Waals surface area contributed by atoms with Crippen LogP contribution in [0.4, 0.5) is 0 Å². The molecule has 0 fully saturated rings. The molecule has 0 saturated heterocycles. The van der Waals surface area contributed by atoms with Gasteiger partial charge in [-0.1, -0.05) is 0 Å². The van der Waals surface area contributed by atoms with Crippen molar-refractivity contribution < 1.29 is 19.9 Å². The number of hydrogen-bond acceptors (Lipinski definition) is 4. The minimum atomic E-state index is -1.68. The molecule has 12 heavy (non-hydrogen) atoms. The normalized spacial score (nSPS) is 9.58. The Morgan fingerprint density at radius 2 is 2.00 bits per heavy atom. The zero-order valence-corrected chi connectivity index (χ0v) is 6.56. The van der Waals surface area contributed by atoms with Gasteiger partial charge in [-0.3, -0.25) is 0 Å². The van der Waals surface area contributed by atoms with Crippen molar-refractivity contribution in [1.29, 1.82) is 0 Å². The lowest BCUT2D eigenvalue weighted by atomic mass is 9.79. The molecule has 0 spiro atoms. The van der Waals surface area contributed by atoms with E-state index in [0.717, 1.165) is 0 Å². The second kappa shape index (κ2) is 3.47. The van der Waals surface area contributed by atoms with E-state index in [9.17, 15) is 0 Å². The van der Waals surface area contributed by atoms with E-state index in [1.165, 1.54) is 25.3 Å². The number of phenols is 1. The minimum Gasteiger partial charge on any atom is -0.508 e. The molecule has 0 heterocycles. The first-order valence-electron chi connectivity index (χ1n) is 3.38. The first-order valence-corrected chi connectivity index (χ1v) is 3.38. The number of phenolic OH excluding ortho intramolecular Hbond substituents is 1. The van der Waals surface area contributed by atoms with Crippen LogP contribution in [0, 0.1) is 0 Å². The van der Waals surface area contributed by atoms with Gasteiger partial charge in [0, 0.05) is 5.46 Å². The van der Waals surface area contributed by atoms with Crippen molar-refractivity contribution in [2.45, 2.75) is 0 Å². The highest BCUT2D eigenvalue weighted by atomic mass is 16.5.